The topological polar surface area (TPSA) is 32.7 Å². The van der Waals surface area contributed by atoms with Crippen molar-refractivity contribution >= 4 is 11.3 Å². The van der Waals surface area contributed by atoms with Gasteiger partial charge in [0.25, 0.3) is 0 Å². The van der Waals surface area contributed by atoms with E-state index in [4.69, 9.17) is 4.74 Å². The predicted octanol–water partition coefficient (Wildman–Crippen LogP) is 1.97. The summed E-state index contributed by atoms with van der Waals surface area (Å²) < 4.78 is 5.09. The van der Waals surface area contributed by atoms with E-state index in [1.807, 2.05) is 13.8 Å². The smallest absolute Gasteiger partial charge is 0.0718 e. The van der Waals surface area contributed by atoms with Crippen LogP contribution in [0.15, 0.2) is 16.8 Å². The Morgan fingerprint density at radius 2 is 2.25 bits per heavy atom. The zero-order valence-electron chi connectivity index (χ0n) is 10.3. The van der Waals surface area contributed by atoms with Gasteiger partial charge in [-0.15, -0.1) is 0 Å². The molecule has 0 fully saturated rings. The van der Waals surface area contributed by atoms with Gasteiger partial charge in [-0.05, 0) is 36.2 Å². The molecule has 1 aromatic heterocycles. The van der Waals surface area contributed by atoms with Crippen LogP contribution < -0.4 is 0 Å². The molecule has 1 rings (SSSR count). The van der Waals surface area contributed by atoms with Crippen molar-refractivity contribution in [1.29, 1.82) is 0 Å². The van der Waals surface area contributed by atoms with Crippen molar-refractivity contribution < 1.29 is 9.84 Å². The lowest BCUT2D eigenvalue weighted by Crippen LogP contribution is -2.39. The summed E-state index contributed by atoms with van der Waals surface area (Å²) in [5.74, 6) is 0. The normalized spacial score (nSPS) is 12.3. The van der Waals surface area contributed by atoms with E-state index >= 15 is 0 Å². The molecule has 16 heavy (non-hydrogen) atoms. The number of rotatable bonds is 7. The van der Waals surface area contributed by atoms with Crippen molar-refractivity contribution in [3.05, 3.63) is 22.4 Å². The summed E-state index contributed by atoms with van der Waals surface area (Å²) in [5, 5.41) is 14.1. The van der Waals surface area contributed by atoms with Crippen LogP contribution >= 0.6 is 11.3 Å². The van der Waals surface area contributed by atoms with Crippen LogP contribution in [0.5, 0.6) is 0 Å². The van der Waals surface area contributed by atoms with Gasteiger partial charge >= 0.3 is 0 Å². The quantitative estimate of drug-likeness (QED) is 0.794. The lowest BCUT2D eigenvalue weighted by Gasteiger charge is -2.28. The van der Waals surface area contributed by atoms with E-state index in [1.165, 1.54) is 5.56 Å². The Morgan fingerprint density at radius 1 is 1.50 bits per heavy atom. The molecule has 1 N–H and O–H groups in total. The first kappa shape index (κ1) is 13.6. The lowest BCUT2D eigenvalue weighted by atomic mass is 10.1. The number of hydrogen-bond donors (Lipinski definition) is 1. The minimum absolute atomic E-state index is 0.659. The minimum Gasteiger partial charge on any atom is -0.389 e. The fourth-order valence-corrected chi connectivity index (χ4v) is 2.28. The van der Waals surface area contributed by atoms with Gasteiger partial charge in [0.05, 0.1) is 12.2 Å². The van der Waals surface area contributed by atoms with Crippen LogP contribution in [0.2, 0.25) is 0 Å². The third-order valence-corrected chi connectivity index (χ3v) is 2.94. The zero-order valence-corrected chi connectivity index (χ0v) is 11.1. The lowest BCUT2D eigenvalue weighted by molar-refractivity contribution is 0.0248. The van der Waals surface area contributed by atoms with Gasteiger partial charge in [-0.3, -0.25) is 4.90 Å². The molecule has 0 aliphatic rings. The molecule has 1 heterocycles. The van der Waals surface area contributed by atoms with E-state index in [-0.39, 0.29) is 0 Å². The second kappa shape index (κ2) is 6.35. The van der Waals surface area contributed by atoms with Gasteiger partial charge in [-0.25, -0.2) is 0 Å². The summed E-state index contributed by atoms with van der Waals surface area (Å²) in [5.41, 5.74) is 0.634. The number of methoxy groups -OCH3 is 1. The second-order valence-corrected chi connectivity index (χ2v) is 5.43. The van der Waals surface area contributed by atoms with Gasteiger partial charge in [-0.1, -0.05) is 0 Å². The fourth-order valence-electron chi connectivity index (χ4n) is 1.62. The number of nitrogens with zero attached hydrogens (tertiary/aromatic N) is 1. The molecule has 0 unspecified atom stereocenters. The highest BCUT2D eigenvalue weighted by Gasteiger charge is 2.18. The monoisotopic (exact) mass is 243 g/mol. The molecule has 1 aromatic rings. The molecular weight excluding hydrogens is 222 g/mol. The first-order valence-corrected chi connectivity index (χ1v) is 6.40. The number of hydrogen-bond acceptors (Lipinski definition) is 4. The van der Waals surface area contributed by atoms with Gasteiger partial charge < -0.3 is 9.84 Å². The summed E-state index contributed by atoms with van der Waals surface area (Å²) >= 11 is 1.70. The van der Waals surface area contributed by atoms with Crippen LogP contribution in [-0.4, -0.2) is 42.4 Å². The zero-order chi connectivity index (χ0) is 12.0. The van der Waals surface area contributed by atoms with Gasteiger partial charge in [0.15, 0.2) is 0 Å². The van der Waals surface area contributed by atoms with Crippen LogP contribution in [-0.2, 0) is 11.3 Å². The summed E-state index contributed by atoms with van der Waals surface area (Å²) in [6, 6.07) is 2.12. The summed E-state index contributed by atoms with van der Waals surface area (Å²) in [4.78, 5) is 2.21. The average Bonchev–Trinajstić information content (AvgIpc) is 2.64. The maximum atomic E-state index is 9.84. The van der Waals surface area contributed by atoms with E-state index < -0.39 is 5.60 Å². The highest BCUT2D eigenvalue weighted by atomic mass is 32.1. The SMILES string of the molecule is COCCN(Cc1ccsc1)CC(C)(C)O. The standard InChI is InChI=1S/C12H21NO2S/c1-12(2,14)10-13(5-6-15-3)8-11-4-7-16-9-11/h4,7,9,14H,5-6,8,10H2,1-3H3. The third kappa shape index (κ3) is 5.61. The van der Waals surface area contributed by atoms with Crippen molar-refractivity contribution in [2.45, 2.75) is 26.0 Å². The van der Waals surface area contributed by atoms with E-state index in [2.05, 4.69) is 21.7 Å². The summed E-state index contributed by atoms with van der Waals surface area (Å²) in [6.45, 7) is 6.74. The molecule has 92 valence electrons. The van der Waals surface area contributed by atoms with Crippen molar-refractivity contribution in [1.82, 2.24) is 4.90 Å². The molecule has 3 nitrogen and oxygen atoms in total. The Morgan fingerprint density at radius 3 is 2.75 bits per heavy atom. The summed E-state index contributed by atoms with van der Waals surface area (Å²) in [6.07, 6.45) is 0. The number of aliphatic hydroxyl groups is 1. The second-order valence-electron chi connectivity index (χ2n) is 4.65. The van der Waals surface area contributed by atoms with Gasteiger partial charge in [0.2, 0.25) is 0 Å². The summed E-state index contributed by atoms with van der Waals surface area (Å²) in [7, 11) is 1.70. The van der Waals surface area contributed by atoms with Crippen molar-refractivity contribution in [3.63, 3.8) is 0 Å². The Balaban J connectivity index is 2.50. The van der Waals surface area contributed by atoms with Gasteiger partial charge in [0.1, 0.15) is 0 Å². The number of ether oxygens (including phenoxy) is 1. The van der Waals surface area contributed by atoms with Gasteiger partial charge in [0, 0.05) is 26.7 Å². The van der Waals surface area contributed by atoms with Crippen molar-refractivity contribution in [2.75, 3.05) is 26.8 Å². The Kier molecular flexibility index (Phi) is 5.41. The molecule has 4 heteroatoms. The van der Waals surface area contributed by atoms with E-state index in [0.717, 1.165) is 13.1 Å². The third-order valence-electron chi connectivity index (χ3n) is 2.21. The highest BCUT2D eigenvalue weighted by molar-refractivity contribution is 7.07. The molecular formula is C12H21NO2S. The Hall–Kier alpha value is -0.420. The largest absolute Gasteiger partial charge is 0.389 e. The maximum absolute atomic E-state index is 9.84. The van der Waals surface area contributed by atoms with Crippen molar-refractivity contribution in [3.8, 4) is 0 Å². The van der Waals surface area contributed by atoms with Gasteiger partial charge in [-0.2, -0.15) is 11.3 Å². The molecule has 0 saturated heterocycles. The van der Waals surface area contributed by atoms with Crippen LogP contribution in [0.4, 0.5) is 0 Å². The first-order chi connectivity index (χ1) is 7.51. The predicted molar refractivity (Wildman–Crippen MR) is 67.8 cm³/mol. The van der Waals surface area contributed by atoms with Crippen LogP contribution in [0.25, 0.3) is 0 Å². The number of thiophene rings is 1. The van der Waals surface area contributed by atoms with Crippen LogP contribution in [0, 0.1) is 0 Å². The average molecular weight is 243 g/mol. The maximum Gasteiger partial charge on any atom is 0.0718 e. The molecule has 0 radical (unpaired) electrons. The molecule has 0 spiro atoms. The fraction of sp³-hybridized carbons (Fsp3) is 0.667. The van der Waals surface area contributed by atoms with Crippen LogP contribution in [0.1, 0.15) is 19.4 Å². The van der Waals surface area contributed by atoms with Crippen LogP contribution in [0.3, 0.4) is 0 Å². The molecule has 0 aliphatic carbocycles. The molecule has 0 amide bonds. The van der Waals surface area contributed by atoms with E-state index in [1.54, 1.807) is 18.4 Å². The first-order valence-electron chi connectivity index (χ1n) is 5.46. The molecule has 0 bridgehead atoms. The van der Waals surface area contributed by atoms with E-state index in [0.29, 0.717) is 13.2 Å². The molecule has 0 atom stereocenters. The minimum atomic E-state index is -0.663. The Labute approximate surface area is 102 Å². The van der Waals surface area contributed by atoms with Crippen molar-refractivity contribution in [2.24, 2.45) is 0 Å². The van der Waals surface area contributed by atoms with E-state index in [9.17, 15) is 5.11 Å². The molecule has 0 saturated carbocycles. The molecule has 0 aliphatic heterocycles. The highest BCUT2D eigenvalue weighted by Crippen LogP contribution is 2.12. The Bertz CT molecular complexity index is 280. The molecule has 0 aromatic carbocycles.